The Labute approximate surface area is 172 Å². The Balaban J connectivity index is 1.58. The molecule has 2 aromatic carbocycles. The molecule has 2 aromatic rings. The fourth-order valence-electron chi connectivity index (χ4n) is 3.34. The van der Waals surface area contributed by atoms with Crippen molar-refractivity contribution < 1.29 is 17.9 Å². The van der Waals surface area contributed by atoms with Crippen LogP contribution >= 0.6 is 0 Å². The molecule has 1 amide bonds. The molecule has 1 fully saturated rings. The van der Waals surface area contributed by atoms with E-state index >= 15 is 0 Å². The van der Waals surface area contributed by atoms with Crippen molar-refractivity contribution in [2.45, 2.75) is 37.5 Å². The Morgan fingerprint density at radius 2 is 1.79 bits per heavy atom. The average molecular weight is 417 g/mol. The number of sulfonamides is 1. The van der Waals surface area contributed by atoms with Gasteiger partial charge in [-0.25, -0.2) is 8.42 Å². The lowest BCUT2D eigenvalue weighted by Gasteiger charge is -2.26. The second-order valence-electron chi connectivity index (χ2n) is 7.21. The lowest BCUT2D eigenvalue weighted by molar-refractivity contribution is 0.0950. The first kappa shape index (κ1) is 21.3. The maximum Gasteiger partial charge on any atom is 0.251 e. The summed E-state index contributed by atoms with van der Waals surface area (Å²) in [6.45, 7) is 3.84. The Bertz CT molecular complexity index is 923. The van der Waals surface area contributed by atoms with E-state index in [1.807, 2.05) is 37.3 Å². The fraction of sp³-hybridized carbons (Fsp3) is 0.409. The van der Waals surface area contributed by atoms with Crippen LogP contribution in [-0.4, -0.2) is 44.9 Å². The van der Waals surface area contributed by atoms with Gasteiger partial charge in [-0.15, -0.1) is 0 Å². The molecule has 3 rings (SSSR count). The molecular formula is C22H28N2O4S. The number of aryl methyl sites for hydroxylation is 1. The SMILES string of the molecule is Cc1ccc(S(=O)(=O)N2CCCCC2)cc1C(=O)NCCCOc1ccccc1. The minimum Gasteiger partial charge on any atom is -0.494 e. The number of hydrogen-bond acceptors (Lipinski definition) is 4. The minimum absolute atomic E-state index is 0.183. The van der Waals surface area contributed by atoms with Crippen molar-refractivity contribution in [1.82, 2.24) is 9.62 Å². The van der Waals surface area contributed by atoms with Crippen LogP contribution in [0.2, 0.25) is 0 Å². The molecule has 0 aromatic heterocycles. The van der Waals surface area contributed by atoms with E-state index in [1.165, 1.54) is 10.4 Å². The van der Waals surface area contributed by atoms with Crippen molar-refractivity contribution in [1.29, 1.82) is 0 Å². The highest BCUT2D eigenvalue weighted by molar-refractivity contribution is 7.89. The normalized spacial score (nSPS) is 15.1. The lowest BCUT2D eigenvalue weighted by Crippen LogP contribution is -2.35. The van der Waals surface area contributed by atoms with Crippen LogP contribution in [0, 0.1) is 6.92 Å². The number of nitrogens with one attached hydrogen (secondary N) is 1. The molecule has 29 heavy (non-hydrogen) atoms. The highest BCUT2D eigenvalue weighted by Gasteiger charge is 2.27. The molecule has 0 spiro atoms. The molecular weight excluding hydrogens is 388 g/mol. The molecule has 1 aliphatic rings. The van der Waals surface area contributed by atoms with Gasteiger partial charge in [0, 0.05) is 25.2 Å². The van der Waals surface area contributed by atoms with Crippen LogP contribution < -0.4 is 10.1 Å². The summed E-state index contributed by atoms with van der Waals surface area (Å²) >= 11 is 0. The molecule has 7 heteroatoms. The largest absolute Gasteiger partial charge is 0.494 e. The Hall–Kier alpha value is -2.38. The predicted molar refractivity (Wildman–Crippen MR) is 113 cm³/mol. The van der Waals surface area contributed by atoms with Gasteiger partial charge in [0.15, 0.2) is 0 Å². The predicted octanol–water partition coefficient (Wildman–Crippen LogP) is 3.37. The first-order valence-corrected chi connectivity index (χ1v) is 11.5. The summed E-state index contributed by atoms with van der Waals surface area (Å²) in [5, 5.41) is 2.86. The summed E-state index contributed by atoms with van der Waals surface area (Å²) in [4.78, 5) is 12.8. The van der Waals surface area contributed by atoms with Gasteiger partial charge < -0.3 is 10.1 Å². The van der Waals surface area contributed by atoms with Crippen LogP contribution in [0.5, 0.6) is 5.75 Å². The zero-order valence-electron chi connectivity index (χ0n) is 16.8. The molecule has 0 atom stereocenters. The van der Waals surface area contributed by atoms with Gasteiger partial charge in [-0.1, -0.05) is 30.7 Å². The van der Waals surface area contributed by atoms with Gasteiger partial charge in [0.25, 0.3) is 5.91 Å². The van der Waals surface area contributed by atoms with Crippen molar-refractivity contribution in [3.63, 3.8) is 0 Å². The zero-order valence-corrected chi connectivity index (χ0v) is 17.6. The molecule has 1 heterocycles. The summed E-state index contributed by atoms with van der Waals surface area (Å²) in [6, 6.07) is 14.3. The van der Waals surface area contributed by atoms with Crippen LogP contribution in [0.15, 0.2) is 53.4 Å². The highest BCUT2D eigenvalue weighted by atomic mass is 32.2. The average Bonchev–Trinajstić information content (AvgIpc) is 2.75. The van der Waals surface area contributed by atoms with E-state index in [2.05, 4.69) is 5.32 Å². The van der Waals surface area contributed by atoms with E-state index in [0.717, 1.165) is 30.6 Å². The minimum atomic E-state index is -3.56. The van der Waals surface area contributed by atoms with Crippen molar-refractivity contribution in [2.24, 2.45) is 0 Å². The van der Waals surface area contributed by atoms with Crippen molar-refractivity contribution in [3.8, 4) is 5.75 Å². The van der Waals surface area contributed by atoms with E-state index < -0.39 is 10.0 Å². The molecule has 0 unspecified atom stereocenters. The molecule has 156 valence electrons. The van der Waals surface area contributed by atoms with Gasteiger partial charge in [-0.3, -0.25) is 4.79 Å². The quantitative estimate of drug-likeness (QED) is 0.670. The van der Waals surface area contributed by atoms with Crippen molar-refractivity contribution in [3.05, 3.63) is 59.7 Å². The molecule has 0 saturated carbocycles. The summed E-state index contributed by atoms with van der Waals surface area (Å²) in [7, 11) is -3.56. The van der Waals surface area contributed by atoms with Gasteiger partial charge in [0.2, 0.25) is 10.0 Å². The van der Waals surface area contributed by atoms with E-state index in [9.17, 15) is 13.2 Å². The molecule has 1 saturated heterocycles. The molecule has 0 radical (unpaired) electrons. The maximum absolute atomic E-state index is 12.9. The second-order valence-corrected chi connectivity index (χ2v) is 9.15. The highest BCUT2D eigenvalue weighted by Crippen LogP contribution is 2.22. The summed E-state index contributed by atoms with van der Waals surface area (Å²) in [5.41, 5.74) is 1.15. The topological polar surface area (TPSA) is 75.7 Å². The van der Waals surface area contributed by atoms with Crippen molar-refractivity contribution in [2.75, 3.05) is 26.2 Å². The van der Waals surface area contributed by atoms with E-state index in [1.54, 1.807) is 12.1 Å². The molecule has 6 nitrogen and oxygen atoms in total. The van der Waals surface area contributed by atoms with Crippen LogP contribution in [-0.2, 0) is 10.0 Å². The third kappa shape index (κ3) is 5.58. The van der Waals surface area contributed by atoms with Crippen LogP contribution in [0.1, 0.15) is 41.6 Å². The number of carbonyl (C=O) groups is 1. The number of amides is 1. The van der Waals surface area contributed by atoms with Gasteiger partial charge in [0.05, 0.1) is 11.5 Å². The lowest BCUT2D eigenvalue weighted by atomic mass is 10.1. The van der Waals surface area contributed by atoms with Gasteiger partial charge >= 0.3 is 0 Å². The monoisotopic (exact) mass is 416 g/mol. The third-order valence-corrected chi connectivity index (χ3v) is 6.92. The smallest absolute Gasteiger partial charge is 0.251 e. The van der Waals surface area contributed by atoms with Crippen LogP contribution in [0.3, 0.4) is 0 Å². The molecule has 1 aliphatic heterocycles. The van der Waals surface area contributed by atoms with Gasteiger partial charge in [-0.05, 0) is 56.0 Å². The number of nitrogens with zero attached hydrogens (tertiary/aromatic N) is 1. The van der Waals surface area contributed by atoms with Gasteiger partial charge in [-0.2, -0.15) is 4.31 Å². The van der Waals surface area contributed by atoms with E-state index in [-0.39, 0.29) is 10.8 Å². The maximum atomic E-state index is 12.9. The van der Waals surface area contributed by atoms with E-state index in [0.29, 0.717) is 38.2 Å². The standard InChI is InChI=1S/C22H28N2O4S/c1-18-11-12-20(29(26,27)24-14-6-3-7-15-24)17-21(18)22(25)23-13-8-16-28-19-9-4-2-5-10-19/h2,4-5,9-12,17H,3,6-8,13-16H2,1H3,(H,23,25). The number of benzene rings is 2. The third-order valence-electron chi connectivity index (χ3n) is 5.03. The Morgan fingerprint density at radius 3 is 2.52 bits per heavy atom. The fourth-order valence-corrected chi connectivity index (χ4v) is 4.88. The summed E-state index contributed by atoms with van der Waals surface area (Å²) in [6.07, 6.45) is 3.47. The molecule has 0 aliphatic carbocycles. The number of piperidine rings is 1. The number of hydrogen-bond donors (Lipinski definition) is 1. The Kier molecular flexibility index (Phi) is 7.28. The number of rotatable bonds is 8. The zero-order chi connectivity index (χ0) is 20.7. The second kappa shape index (κ2) is 9.89. The number of carbonyl (C=O) groups excluding carboxylic acids is 1. The number of para-hydroxylation sites is 1. The number of ether oxygens (including phenoxy) is 1. The first-order valence-electron chi connectivity index (χ1n) is 10.1. The molecule has 1 N–H and O–H groups in total. The van der Waals surface area contributed by atoms with Crippen LogP contribution in [0.25, 0.3) is 0 Å². The van der Waals surface area contributed by atoms with Gasteiger partial charge in [0.1, 0.15) is 5.75 Å². The summed E-state index contributed by atoms with van der Waals surface area (Å²) < 4.78 is 32.9. The summed E-state index contributed by atoms with van der Waals surface area (Å²) in [5.74, 6) is 0.531. The first-order chi connectivity index (χ1) is 14.0. The van der Waals surface area contributed by atoms with E-state index in [4.69, 9.17) is 4.74 Å². The van der Waals surface area contributed by atoms with Crippen molar-refractivity contribution >= 4 is 15.9 Å². The Morgan fingerprint density at radius 1 is 1.07 bits per heavy atom. The molecule has 0 bridgehead atoms. The van der Waals surface area contributed by atoms with Crippen LogP contribution in [0.4, 0.5) is 0 Å².